The number of aromatic nitrogens is 2. The molecule has 0 unspecified atom stereocenters. The summed E-state index contributed by atoms with van der Waals surface area (Å²) < 4.78 is 4.63. The zero-order valence-corrected chi connectivity index (χ0v) is 8.83. The van der Waals surface area contributed by atoms with Crippen LogP contribution in [0.4, 0.5) is 5.82 Å². The third-order valence-corrected chi connectivity index (χ3v) is 1.68. The van der Waals surface area contributed by atoms with Crippen molar-refractivity contribution in [3.8, 4) is 5.88 Å². The maximum atomic E-state index is 11.0. The van der Waals surface area contributed by atoms with Gasteiger partial charge in [0.25, 0.3) is 5.88 Å². The third kappa shape index (κ3) is 2.63. The molecule has 1 aromatic heterocycles. The minimum Gasteiger partial charge on any atom is -0.404 e. The molecule has 0 aliphatic heterocycles. The molecule has 0 radical (unpaired) electrons. The number of Topliss-reactive ketones (excluding diaryl/α,β-unsaturated/α-hetero) is 1. The van der Waals surface area contributed by atoms with Crippen LogP contribution in [0.2, 0.25) is 5.15 Å². The Bertz CT molecular complexity index is 433. The van der Waals surface area contributed by atoms with Gasteiger partial charge in [-0.3, -0.25) is 9.59 Å². The molecule has 15 heavy (non-hydrogen) atoms. The van der Waals surface area contributed by atoms with E-state index in [1.165, 1.54) is 13.8 Å². The van der Waals surface area contributed by atoms with E-state index >= 15 is 0 Å². The normalized spacial score (nSPS) is 9.80. The molecule has 1 aromatic rings. The summed E-state index contributed by atoms with van der Waals surface area (Å²) in [5, 5.41) is -0.145. The Labute approximate surface area is 90.4 Å². The Hall–Kier alpha value is -1.69. The molecule has 0 aliphatic rings. The van der Waals surface area contributed by atoms with Gasteiger partial charge in [0, 0.05) is 13.8 Å². The number of nitrogen functional groups attached to an aromatic ring is 1. The molecule has 1 rings (SSSR count). The number of anilines is 1. The Balaban J connectivity index is 3.19. The lowest BCUT2D eigenvalue weighted by Crippen LogP contribution is -2.10. The highest BCUT2D eigenvalue weighted by Crippen LogP contribution is 2.22. The minimum atomic E-state index is -0.595. The van der Waals surface area contributed by atoms with Crippen LogP contribution in [0.25, 0.3) is 0 Å². The lowest BCUT2D eigenvalue weighted by molar-refractivity contribution is -0.132. The van der Waals surface area contributed by atoms with Gasteiger partial charge >= 0.3 is 5.97 Å². The van der Waals surface area contributed by atoms with E-state index in [2.05, 4.69) is 14.7 Å². The molecule has 0 spiro atoms. The first-order valence-corrected chi connectivity index (χ1v) is 4.32. The summed E-state index contributed by atoms with van der Waals surface area (Å²) in [4.78, 5) is 29.0. The van der Waals surface area contributed by atoms with E-state index < -0.39 is 5.97 Å². The van der Waals surface area contributed by atoms with Crippen LogP contribution in [-0.2, 0) is 4.79 Å². The number of nitrogens with two attached hydrogens (primary N) is 1. The maximum absolute atomic E-state index is 11.0. The number of carbonyl (C=O) groups is 2. The molecule has 0 amide bonds. The summed E-state index contributed by atoms with van der Waals surface area (Å²) in [5.41, 5.74) is 5.36. The monoisotopic (exact) mass is 229 g/mol. The van der Waals surface area contributed by atoms with Crippen molar-refractivity contribution in [1.82, 2.24) is 9.97 Å². The summed E-state index contributed by atoms with van der Waals surface area (Å²) in [6, 6.07) is 0. The van der Waals surface area contributed by atoms with Gasteiger partial charge in [-0.1, -0.05) is 11.6 Å². The van der Waals surface area contributed by atoms with Crippen molar-refractivity contribution in [3.63, 3.8) is 0 Å². The van der Waals surface area contributed by atoms with Gasteiger partial charge in [0.1, 0.15) is 5.69 Å². The first kappa shape index (κ1) is 11.4. The molecular weight excluding hydrogens is 222 g/mol. The average molecular weight is 230 g/mol. The Kier molecular flexibility index (Phi) is 3.21. The molecule has 0 atom stereocenters. The molecule has 0 aliphatic carbocycles. The number of hydrogen-bond donors (Lipinski definition) is 1. The summed E-state index contributed by atoms with van der Waals surface area (Å²) in [6.45, 7) is 2.47. The number of rotatable bonds is 2. The van der Waals surface area contributed by atoms with Crippen LogP contribution in [0.1, 0.15) is 24.3 Å². The summed E-state index contributed by atoms with van der Waals surface area (Å²) in [7, 11) is 0. The molecule has 2 N–H and O–H groups in total. The standard InChI is InChI=1S/C8H8ClN3O3/c1-3(13)5-6(9)12-8(7(10)11-5)15-4(2)14/h1-2H3,(H2,10,11). The first-order chi connectivity index (χ1) is 6.91. The molecule has 0 saturated heterocycles. The molecular formula is C8H8ClN3O3. The van der Waals surface area contributed by atoms with Crippen molar-refractivity contribution in [3.05, 3.63) is 10.8 Å². The van der Waals surface area contributed by atoms with Crippen LogP contribution in [0.5, 0.6) is 5.88 Å². The van der Waals surface area contributed by atoms with Gasteiger partial charge < -0.3 is 10.5 Å². The highest BCUT2D eigenvalue weighted by molar-refractivity contribution is 6.32. The lowest BCUT2D eigenvalue weighted by Gasteiger charge is -2.05. The fourth-order valence-corrected chi connectivity index (χ4v) is 1.10. The van der Waals surface area contributed by atoms with Gasteiger partial charge in [-0.25, -0.2) is 4.98 Å². The van der Waals surface area contributed by atoms with Gasteiger partial charge in [-0.05, 0) is 0 Å². The Morgan fingerprint density at radius 1 is 1.33 bits per heavy atom. The van der Waals surface area contributed by atoms with Crippen molar-refractivity contribution < 1.29 is 14.3 Å². The first-order valence-electron chi connectivity index (χ1n) is 3.94. The van der Waals surface area contributed by atoms with Crippen molar-refractivity contribution in [2.75, 3.05) is 5.73 Å². The van der Waals surface area contributed by atoms with Crippen LogP contribution in [0, 0.1) is 0 Å². The third-order valence-electron chi connectivity index (χ3n) is 1.42. The quantitative estimate of drug-likeness (QED) is 0.596. The number of nitrogens with zero attached hydrogens (tertiary/aromatic N) is 2. The molecule has 0 aromatic carbocycles. The fraction of sp³-hybridized carbons (Fsp3) is 0.250. The van der Waals surface area contributed by atoms with E-state index in [1.54, 1.807) is 0 Å². The fourth-order valence-electron chi connectivity index (χ4n) is 0.849. The Morgan fingerprint density at radius 2 is 1.93 bits per heavy atom. The van der Waals surface area contributed by atoms with E-state index in [-0.39, 0.29) is 28.3 Å². The van der Waals surface area contributed by atoms with Gasteiger partial charge in [0.05, 0.1) is 0 Å². The van der Waals surface area contributed by atoms with E-state index in [9.17, 15) is 9.59 Å². The van der Waals surface area contributed by atoms with Crippen LogP contribution in [-0.4, -0.2) is 21.7 Å². The molecule has 80 valence electrons. The average Bonchev–Trinajstić information content (AvgIpc) is 2.09. The largest absolute Gasteiger partial charge is 0.404 e. The minimum absolute atomic E-state index is 0.0509. The summed E-state index contributed by atoms with van der Waals surface area (Å²) in [5.74, 6) is -1.31. The van der Waals surface area contributed by atoms with Crippen LogP contribution >= 0.6 is 11.6 Å². The van der Waals surface area contributed by atoms with Crippen LogP contribution in [0.3, 0.4) is 0 Å². The molecule has 0 saturated carbocycles. The van der Waals surface area contributed by atoms with Crippen molar-refractivity contribution in [2.45, 2.75) is 13.8 Å². The number of carbonyl (C=O) groups excluding carboxylic acids is 2. The van der Waals surface area contributed by atoms with Crippen molar-refractivity contribution in [2.24, 2.45) is 0 Å². The number of ketones is 1. The second-order valence-corrected chi connectivity index (χ2v) is 3.06. The van der Waals surface area contributed by atoms with Crippen LogP contribution in [0.15, 0.2) is 0 Å². The van der Waals surface area contributed by atoms with Crippen molar-refractivity contribution in [1.29, 1.82) is 0 Å². The smallest absolute Gasteiger partial charge is 0.309 e. The number of esters is 1. The van der Waals surface area contributed by atoms with Gasteiger partial charge in [0.2, 0.25) is 0 Å². The van der Waals surface area contributed by atoms with Gasteiger partial charge in [0.15, 0.2) is 16.8 Å². The maximum Gasteiger partial charge on any atom is 0.309 e. The van der Waals surface area contributed by atoms with Gasteiger partial charge in [-0.2, -0.15) is 4.98 Å². The highest BCUT2D eigenvalue weighted by Gasteiger charge is 2.15. The van der Waals surface area contributed by atoms with E-state index in [4.69, 9.17) is 17.3 Å². The zero-order valence-electron chi connectivity index (χ0n) is 8.07. The Morgan fingerprint density at radius 3 is 2.40 bits per heavy atom. The SMILES string of the molecule is CC(=O)Oc1nc(Cl)c(C(C)=O)nc1N. The molecule has 0 fully saturated rings. The van der Waals surface area contributed by atoms with E-state index in [1.807, 2.05) is 0 Å². The number of halogens is 1. The van der Waals surface area contributed by atoms with E-state index in [0.717, 1.165) is 0 Å². The zero-order chi connectivity index (χ0) is 11.6. The molecule has 0 bridgehead atoms. The topological polar surface area (TPSA) is 95.2 Å². The molecule has 7 heteroatoms. The van der Waals surface area contributed by atoms with E-state index in [0.29, 0.717) is 0 Å². The molecule has 6 nitrogen and oxygen atoms in total. The molecule has 1 heterocycles. The highest BCUT2D eigenvalue weighted by atomic mass is 35.5. The summed E-state index contributed by atoms with van der Waals surface area (Å²) >= 11 is 5.64. The van der Waals surface area contributed by atoms with Crippen LogP contribution < -0.4 is 10.5 Å². The number of ether oxygens (including phenoxy) is 1. The second kappa shape index (κ2) is 4.22. The van der Waals surface area contributed by atoms with Gasteiger partial charge in [-0.15, -0.1) is 0 Å². The number of hydrogen-bond acceptors (Lipinski definition) is 6. The second-order valence-electron chi connectivity index (χ2n) is 2.70. The predicted molar refractivity (Wildman–Crippen MR) is 52.8 cm³/mol. The summed E-state index contributed by atoms with van der Waals surface area (Å²) in [6.07, 6.45) is 0. The van der Waals surface area contributed by atoms with Crippen molar-refractivity contribution >= 4 is 29.2 Å². The predicted octanol–water partition coefficient (Wildman–Crippen LogP) is 0.840. The lowest BCUT2D eigenvalue weighted by atomic mass is 10.3.